The molecule has 0 aliphatic heterocycles. The molecule has 33 heavy (non-hydrogen) atoms. The van der Waals surface area contributed by atoms with Crippen LogP contribution in [0.1, 0.15) is 5.56 Å². The van der Waals surface area contributed by atoms with Gasteiger partial charge in [0.1, 0.15) is 5.82 Å². The monoisotopic (exact) mass is 433 g/mol. The summed E-state index contributed by atoms with van der Waals surface area (Å²) in [6.45, 7) is 0. The van der Waals surface area contributed by atoms with Crippen LogP contribution in [0.4, 0.5) is 10.1 Å². The van der Waals surface area contributed by atoms with Crippen LogP contribution in [-0.4, -0.2) is 15.3 Å². The molecule has 0 saturated carbocycles. The van der Waals surface area contributed by atoms with Gasteiger partial charge in [0, 0.05) is 24.0 Å². The third-order valence-corrected chi connectivity index (χ3v) is 5.33. The topological polar surface area (TPSA) is 46.4 Å². The lowest BCUT2D eigenvalue weighted by molar-refractivity contribution is -0.111. The number of nitrogens with zero attached hydrogens (tertiary/aromatic N) is 2. The van der Waals surface area contributed by atoms with E-state index in [2.05, 4.69) is 29.6 Å². The minimum absolute atomic E-state index is 0.288. The molecule has 0 spiro atoms. The summed E-state index contributed by atoms with van der Waals surface area (Å²) in [6.07, 6.45) is 6.90. The number of fused-ring (bicyclic) bond motifs is 1. The van der Waals surface area contributed by atoms with E-state index in [1.54, 1.807) is 18.2 Å². The molecule has 4 nitrogen and oxygen atoms in total. The molecular weight excluding hydrogens is 413 g/mol. The van der Waals surface area contributed by atoms with Gasteiger partial charge in [-0.05, 0) is 47.0 Å². The van der Waals surface area contributed by atoms with Crippen LogP contribution >= 0.6 is 0 Å². The van der Waals surface area contributed by atoms with Gasteiger partial charge >= 0.3 is 0 Å². The summed E-state index contributed by atoms with van der Waals surface area (Å²) in [4.78, 5) is 17.2. The van der Waals surface area contributed by atoms with Gasteiger partial charge in [-0.3, -0.25) is 4.79 Å². The van der Waals surface area contributed by atoms with Crippen molar-refractivity contribution >= 4 is 23.3 Å². The fourth-order valence-electron chi connectivity index (χ4n) is 3.63. The maximum Gasteiger partial charge on any atom is 0.248 e. The maximum atomic E-state index is 13.0. The Morgan fingerprint density at radius 3 is 2.27 bits per heavy atom. The summed E-state index contributed by atoms with van der Waals surface area (Å²) in [5.41, 5.74) is 6.13. The van der Waals surface area contributed by atoms with Gasteiger partial charge in [-0.15, -0.1) is 0 Å². The summed E-state index contributed by atoms with van der Waals surface area (Å²) >= 11 is 0. The number of pyridine rings is 1. The Morgan fingerprint density at radius 1 is 0.818 bits per heavy atom. The average Bonchev–Trinajstić information content (AvgIpc) is 3.30. The largest absolute Gasteiger partial charge is 0.319 e. The van der Waals surface area contributed by atoms with Gasteiger partial charge in [0.25, 0.3) is 0 Å². The van der Waals surface area contributed by atoms with Crippen molar-refractivity contribution in [1.29, 1.82) is 0 Å². The van der Waals surface area contributed by atoms with E-state index in [-0.39, 0.29) is 11.7 Å². The molecule has 0 aliphatic carbocycles. The molecule has 0 bridgehead atoms. The Hall–Kier alpha value is -4.51. The summed E-state index contributed by atoms with van der Waals surface area (Å²) < 4.78 is 14.9. The predicted molar refractivity (Wildman–Crippen MR) is 130 cm³/mol. The lowest BCUT2D eigenvalue weighted by Crippen LogP contribution is -2.08. The predicted octanol–water partition coefficient (Wildman–Crippen LogP) is 6.46. The van der Waals surface area contributed by atoms with Crippen LogP contribution in [0.2, 0.25) is 0 Å². The molecule has 3 aromatic carbocycles. The molecule has 5 aromatic rings. The molecule has 160 valence electrons. The highest BCUT2D eigenvalue weighted by atomic mass is 19.1. The first-order valence-corrected chi connectivity index (χ1v) is 10.5. The number of amides is 1. The number of benzene rings is 3. The number of nitrogens with one attached hydrogen (secondary N) is 1. The molecular formula is C28H20FN3O. The number of carbonyl (C=O) groups is 1. The number of anilines is 1. The molecule has 0 atom stereocenters. The molecule has 1 N–H and O–H groups in total. The number of rotatable bonds is 5. The zero-order valence-corrected chi connectivity index (χ0v) is 17.7. The summed E-state index contributed by atoms with van der Waals surface area (Å²) in [7, 11) is 0. The number of hydrogen-bond donors (Lipinski definition) is 1. The fourth-order valence-corrected chi connectivity index (χ4v) is 3.63. The van der Waals surface area contributed by atoms with Gasteiger partial charge in [0.2, 0.25) is 5.91 Å². The second-order valence-corrected chi connectivity index (χ2v) is 7.60. The van der Waals surface area contributed by atoms with Gasteiger partial charge in [-0.2, -0.15) is 0 Å². The Labute approximate surface area is 190 Å². The standard InChI is InChI=1S/C28H20FN3O/c29-24-15-8-20(9-16-24)10-17-27(33)30-25-7-4-18-32-19-26(31-28(25)32)23-13-11-22(12-14-23)21-5-2-1-3-6-21/h1-19H,(H,30,33)/b17-10+. The fraction of sp³-hybridized carbons (Fsp3) is 0. The van der Waals surface area contributed by atoms with Gasteiger partial charge < -0.3 is 9.72 Å². The molecule has 5 heteroatoms. The number of halogens is 1. The van der Waals surface area contributed by atoms with Crippen LogP contribution in [0.3, 0.4) is 0 Å². The summed E-state index contributed by atoms with van der Waals surface area (Å²) in [6, 6.07) is 28.1. The second kappa shape index (κ2) is 8.93. The van der Waals surface area contributed by atoms with E-state index < -0.39 is 0 Å². The minimum Gasteiger partial charge on any atom is -0.319 e. The molecule has 2 aromatic heterocycles. The third kappa shape index (κ3) is 4.57. The number of imidazole rings is 1. The Kier molecular flexibility index (Phi) is 5.52. The second-order valence-electron chi connectivity index (χ2n) is 7.60. The number of carbonyl (C=O) groups excluding carboxylic acids is 1. The van der Waals surface area contributed by atoms with Crippen molar-refractivity contribution in [1.82, 2.24) is 9.38 Å². The molecule has 0 saturated heterocycles. The van der Waals surface area contributed by atoms with Crippen molar-refractivity contribution < 1.29 is 9.18 Å². The Balaban J connectivity index is 1.37. The van der Waals surface area contributed by atoms with Crippen molar-refractivity contribution in [3.63, 3.8) is 0 Å². The SMILES string of the molecule is O=C(/C=C/c1ccc(F)cc1)Nc1cccn2cc(-c3ccc(-c4ccccc4)cc3)nc12. The van der Waals surface area contributed by atoms with E-state index in [0.29, 0.717) is 11.3 Å². The third-order valence-electron chi connectivity index (χ3n) is 5.33. The van der Waals surface area contributed by atoms with E-state index in [1.165, 1.54) is 18.2 Å². The summed E-state index contributed by atoms with van der Waals surface area (Å²) in [5, 5.41) is 2.88. The van der Waals surface area contributed by atoms with Crippen LogP contribution in [0.15, 0.2) is 109 Å². The minimum atomic E-state index is -0.312. The Bertz CT molecular complexity index is 1440. The Morgan fingerprint density at radius 2 is 1.52 bits per heavy atom. The highest BCUT2D eigenvalue weighted by Gasteiger charge is 2.10. The van der Waals surface area contributed by atoms with E-state index in [4.69, 9.17) is 4.98 Å². The van der Waals surface area contributed by atoms with Gasteiger partial charge in [0.15, 0.2) is 5.65 Å². The highest BCUT2D eigenvalue weighted by molar-refractivity contribution is 6.04. The van der Waals surface area contributed by atoms with Gasteiger partial charge in [0.05, 0.1) is 11.4 Å². The average molecular weight is 433 g/mol. The highest BCUT2D eigenvalue weighted by Crippen LogP contribution is 2.26. The first kappa shape index (κ1) is 20.4. The van der Waals surface area contributed by atoms with Crippen molar-refractivity contribution in [2.45, 2.75) is 0 Å². The lowest BCUT2D eigenvalue weighted by atomic mass is 10.0. The molecule has 2 heterocycles. The normalized spacial score (nSPS) is 11.2. The number of hydrogen-bond acceptors (Lipinski definition) is 2. The van der Waals surface area contributed by atoms with Gasteiger partial charge in [-0.25, -0.2) is 9.37 Å². The molecule has 5 rings (SSSR count). The van der Waals surface area contributed by atoms with Crippen LogP contribution in [-0.2, 0) is 4.79 Å². The zero-order valence-electron chi connectivity index (χ0n) is 17.7. The van der Waals surface area contributed by atoms with Crippen molar-refractivity contribution in [3.05, 3.63) is 121 Å². The van der Waals surface area contributed by atoms with E-state index in [1.807, 2.05) is 59.3 Å². The zero-order chi connectivity index (χ0) is 22.6. The lowest BCUT2D eigenvalue weighted by Gasteiger charge is -2.04. The smallest absolute Gasteiger partial charge is 0.248 e. The van der Waals surface area contributed by atoms with Crippen molar-refractivity contribution in [3.8, 4) is 22.4 Å². The van der Waals surface area contributed by atoms with Crippen molar-refractivity contribution in [2.75, 3.05) is 5.32 Å². The molecule has 0 unspecified atom stereocenters. The molecule has 1 amide bonds. The molecule has 0 radical (unpaired) electrons. The first-order chi connectivity index (χ1) is 16.2. The van der Waals surface area contributed by atoms with Crippen LogP contribution in [0.25, 0.3) is 34.1 Å². The maximum absolute atomic E-state index is 13.0. The van der Waals surface area contributed by atoms with E-state index >= 15 is 0 Å². The molecule has 0 fully saturated rings. The van der Waals surface area contributed by atoms with Gasteiger partial charge in [-0.1, -0.05) is 66.7 Å². The first-order valence-electron chi connectivity index (χ1n) is 10.5. The quantitative estimate of drug-likeness (QED) is 0.323. The number of aromatic nitrogens is 2. The van der Waals surface area contributed by atoms with Crippen molar-refractivity contribution in [2.24, 2.45) is 0 Å². The summed E-state index contributed by atoms with van der Waals surface area (Å²) in [5.74, 6) is -0.600. The van der Waals surface area contributed by atoms with Crippen LogP contribution in [0, 0.1) is 5.82 Å². The molecule has 0 aliphatic rings. The van der Waals surface area contributed by atoms with Crippen LogP contribution < -0.4 is 5.32 Å². The van der Waals surface area contributed by atoms with E-state index in [0.717, 1.165) is 27.9 Å². The van der Waals surface area contributed by atoms with E-state index in [9.17, 15) is 9.18 Å². The van der Waals surface area contributed by atoms with Crippen LogP contribution in [0.5, 0.6) is 0 Å².